The van der Waals surface area contributed by atoms with E-state index in [1.54, 1.807) is 0 Å². The minimum absolute atomic E-state index is 0.227. The molecule has 0 spiro atoms. The summed E-state index contributed by atoms with van der Waals surface area (Å²) in [5.41, 5.74) is 2.94. The zero-order chi connectivity index (χ0) is 23.2. The molecular weight excluding hydrogens is 430 g/mol. The highest BCUT2D eigenvalue weighted by Gasteiger charge is 2.18. The van der Waals surface area contributed by atoms with Gasteiger partial charge < -0.3 is 10.1 Å². The summed E-state index contributed by atoms with van der Waals surface area (Å²) in [5.74, 6) is 1.00. The lowest BCUT2D eigenvalue weighted by molar-refractivity contribution is 0.0978. The van der Waals surface area contributed by atoms with Crippen LogP contribution in [0.25, 0.3) is 22.2 Å². The molecule has 0 unspecified atom stereocenters. The topological polar surface area (TPSA) is 63.2 Å². The van der Waals surface area contributed by atoms with Gasteiger partial charge in [-0.3, -0.25) is 10.1 Å². The Morgan fingerprint density at radius 2 is 1.88 bits per heavy atom. The zero-order valence-electron chi connectivity index (χ0n) is 19.3. The van der Waals surface area contributed by atoms with Crippen molar-refractivity contribution in [1.82, 2.24) is 15.6 Å². The second-order valence-electron chi connectivity index (χ2n) is 9.07. The summed E-state index contributed by atoms with van der Waals surface area (Å²) in [4.78, 5) is 18.1. The number of amides is 1. The van der Waals surface area contributed by atoms with E-state index in [1.807, 2.05) is 54.6 Å². The molecule has 0 atom stereocenters. The molecule has 2 aromatic carbocycles. The average molecular weight is 462 g/mol. The lowest BCUT2D eigenvalue weighted by Crippen LogP contribution is -2.45. The third-order valence-electron chi connectivity index (χ3n) is 5.84. The van der Waals surface area contributed by atoms with Crippen molar-refractivity contribution < 1.29 is 9.53 Å². The number of benzene rings is 2. The van der Waals surface area contributed by atoms with Crippen LogP contribution in [0.1, 0.15) is 56.3 Å². The van der Waals surface area contributed by atoms with Gasteiger partial charge in [0.05, 0.1) is 23.4 Å². The SMILES string of the molecule is CC(C)COc1cccc(-c2cc(C(=O)NC(=S)NC3CCCCC3)c3ccccc3n2)c1. The van der Waals surface area contributed by atoms with Gasteiger partial charge in [0.15, 0.2) is 5.11 Å². The molecule has 33 heavy (non-hydrogen) atoms. The summed E-state index contributed by atoms with van der Waals surface area (Å²) in [7, 11) is 0. The van der Waals surface area contributed by atoms with E-state index in [-0.39, 0.29) is 5.91 Å². The van der Waals surface area contributed by atoms with E-state index >= 15 is 0 Å². The molecule has 2 N–H and O–H groups in total. The number of aromatic nitrogens is 1. The first kappa shape index (κ1) is 23.2. The molecule has 1 saturated carbocycles. The largest absolute Gasteiger partial charge is 0.493 e. The maximum atomic E-state index is 13.2. The highest BCUT2D eigenvalue weighted by Crippen LogP contribution is 2.27. The average Bonchev–Trinajstić information content (AvgIpc) is 2.82. The number of hydrogen-bond donors (Lipinski definition) is 2. The first-order valence-electron chi connectivity index (χ1n) is 11.7. The molecule has 1 heterocycles. The number of carbonyl (C=O) groups excluding carboxylic acids is 1. The highest BCUT2D eigenvalue weighted by molar-refractivity contribution is 7.80. The van der Waals surface area contributed by atoms with Gasteiger partial charge in [0.2, 0.25) is 0 Å². The summed E-state index contributed by atoms with van der Waals surface area (Å²) in [5, 5.41) is 7.38. The van der Waals surface area contributed by atoms with Gasteiger partial charge >= 0.3 is 0 Å². The molecule has 1 aliphatic carbocycles. The van der Waals surface area contributed by atoms with E-state index in [0.29, 0.717) is 29.2 Å². The third kappa shape index (κ3) is 6.08. The number of carbonyl (C=O) groups is 1. The first-order valence-corrected chi connectivity index (χ1v) is 12.2. The molecule has 1 aromatic heterocycles. The molecule has 172 valence electrons. The summed E-state index contributed by atoms with van der Waals surface area (Å²) >= 11 is 5.45. The lowest BCUT2D eigenvalue weighted by atomic mass is 9.96. The number of rotatable bonds is 6. The Hall–Kier alpha value is -2.99. The molecule has 1 fully saturated rings. The van der Waals surface area contributed by atoms with Crippen LogP contribution in [-0.4, -0.2) is 28.7 Å². The minimum Gasteiger partial charge on any atom is -0.493 e. The van der Waals surface area contributed by atoms with Crippen molar-refractivity contribution in [2.45, 2.75) is 52.0 Å². The second-order valence-corrected chi connectivity index (χ2v) is 9.48. The fourth-order valence-corrected chi connectivity index (χ4v) is 4.42. The molecular formula is C27H31N3O2S. The Balaban J connectivity index is 1.60. The molecule has 1 amide bonds. The van der Waals surface area contributed by atoms with Crippen LogP contribution in [0.2, 0.25) is 0 Å². The van der Waals surface area contributed by atoms with Crippen molar-refractivity contribution in [2.75, 3.05) is 6.61 Å². The van der Waals surface area contributed by atoms with Gasteiger partial charge in [-0.25, -0.2) is 4.98 Å². The fraction of sp³-hybridized carbons (Fsp3) is 0.370. The monoisotopic (exact) mass is 461 g/mol. The van der Waals surface area contributed by atoms with Crippen LogP contribution in [0, 0.1) is 5.92 Å². The van der Waals surface area contributed by atoms with Crippen LogP contribution in [0.15, 0.2) is 54.6 Å². The van der Waals surface area contributed by atoms with Crippen LogP contribution >= 0.6 is 12.2 Å². The highest BCUT2D eigenvalue weighted by atomic mass is 32.1. The van der Waals surface area contributed by atoms with E-state index in [1.165, 1.54) is 19.3 Å². The van der Waals surface area contributed by atoms with Gasteiger partial charge in [-0.05, 0) is 55.2 Å². The smallest absolute Gasteiger partial charge is 0.258 e. The minimum atomic E-state index is -0.227. The standard InChI is InChI=1S/C27H31N3O2S/c1-18(2)17-32-21-12-8-9-19(15-21)25-16-23(22-13-6-7-14-24(22)29-25)26(31)30-27(33)28-20-10-4-3-5-11-20/h6-9,12-16,18,20H,3-5,10-11,17H2,1-2H3,(H2,28,30,31,33). The lowest BCUT2D eigenvalue weighted by Gasteiger charge is -2.24. The van der Waals surface area contributed by atoms with E-state index in [0.717, 1.165) is 40.8 Å². The number of hydrogen-bond acceptors (Lipinski definition) is 4. The van der Waals surface area contributed by atoms with Crippen LogP contribution in [0.3, 0.4) is 0 Å². The van der Waals surface area contributed by atoms with Gasteiger partial charge in [-0.2, -0.15) is 0 Å². The molecule has 4 rings (SSSR count). The molecule has 0 aliphatic heterocycles. The Bertz CT molecular complexity index is 1140. The van der Waals surface area contributed by atoms with Gasteiger partial charge in [0, 0.05) is 17.0 Å². The number of nitrogens with zero attached hydrogens (tertiary/aromatic N) is 1. The summed E-state index contributed by atoms with van der Waals surface area (Å²) in [6.45, 7) is 4.88. The van der Waals surface area contributed by atoms with Crippen molar-refractivity contribution in [3.05, 3.63) is 60.2 Å². The number of pyridine rings is 1. The summed E-state index contributed by atoms with van der Waals surface area (Å²) in [6.07, 6.45) is 5.85. The molecule has 0 bridgehead atoms. The molecule has 5 nitrogen and oxygen atoms in total. The van der Waals surface area contributed by atoms with E-state index in [4.69, 9.17) is 21.9 Å². The number of thiocarbonyl (C=S) groups is 1. The third-order valence-corrected chi connectivity index (χ3v) is 6.06. The zero-order valence-corrected chi connectivity index (χ0v) is 20.1. The maximum Gasteiger partial charge on any atom is 0.258 e. The van der Waals surface area contributed by atoms with Gasteiger partial charge in [-0.1, -0.05) is 63.4 Å². The fourth-order valence-electron chi connectivity index (χ4n) is 4.16. The predicted octanol–water partition coefficient (Wildman–Crippen LogP) is 5.87. The van der Waals surface area contributed by atoms with E-state index in [2.05, 4.69) is 24.5 Å². The number of ether oxygens (including phenoxy) is 1. The first-order chi connectivity index (χ1) is 16.0. The van der Waals surface area contributed by atoms with Gasteiger partial charge in [0.25, 0.3) is 5.91 Å². The molecule has 0 saturated heterocycles. The summed E-state index contributed by atoms with van der Waals surface area (Å²) in [6, 6.07) is 17.7. The Morgan fingerprint density at radius 1 is 1.09 bits per heavy atom. The van der Waals surface area contributed by atoms with Gasteiger partial charge in [-0.15, -0.1) is 0 Å². The van der Waals surface area contributed by atoms with Crippen molar-refractivity contribution in [3.8, 4) is 17.0 Å². The van der Waals surface area contributed by atoms with Crippen LogP contribution in [0.4, 0.5) is 0 Å². The maximum absolute atomic E-state index is 13.2. The van der Waals surface area contributed by atoms with Crippen molar-refractivity contribution in [1.29, 1.82) is 0 Å². The van der Waals surface area contributed by atoms with Crippen molar-refractivity contribution >= 4 is 34.1 Å². The summed E-state index contributed by atoms with van der Waals surface area (Å²) < 4.78 is 5.89. The Labute approximate surface area is 200 Å². The number of nitrogens with one attached hydrogen (secondary N) is 2. The molecule has 6 heteroatoms. The predicted molar refractivity (Wildman–Crippen MR) is 138 cm³/mol. The Morgan fingerprint density at radius 3 is 2.67 bits per heavy atom. The number of para-hydroxylation sites is 1. The molecule has 3 aromatic rings. The molecule has 1 aliphatic rings. The van der Waals surface area contributed by atoms with E-state index in [9.17, 15) is 4.79 Å². The van der Waals surface area contributed by atoms with Crippen molar-refractivity contribution in [3.63, 3.8) is 0 Å². The van der Waals surface area contributed by atoms with Gasteiger partial charge in [0.1, 0.15) is 5.75 Å². The quantitative estimate of drug-likeness (QED) is 0.449. The van der Waals surface area contributed by atoms with Crippen LogP contribution < -0.4 is 15.4 Å². The second kappa shape index (κ2) is 10.8. The van der Waals surface area contributed by atoms with Crippen molar-refractivity contribution in [2.24, 2.45) is 5.92 Å². The Kier molecular flexibility index (Phi) is 7.55. The number of fused-ring (bicyclic) bond motifs is 1. The normalized spacial score (nSPS) is 14.3. The van der Waals surface area contributed by atoms with Crippen LogP contribution in [-0.2, 0) is 0 Å². The van der Waals surface area contributed by atoms with E-state index < -0.39 is 0 Å². The van der Waals surface area contributed by atoms with Crippen LogP contribution in [0.5, 0.6) is 5.75 Å². The molecule has 0 radical (unpaired) electrons.